The van der Waals surface area contributed by atoms with E-state index in [2.05, 4.69) is 41.7 Å². The van der Waals surface area contributed by atoms with Gasteiger partial charge in [-0.05, 0) is 49.9 Å². The average molecular weight is 537 g/mol. The Morgan fingerprint density at radius 2 is 1.69 bits per heavy atom. The number of azo groups is 1. The molecule has 1 aromatic carbocycles. The van der Waals surface area contributed by atoms with E-state index in [4.69, 9.17) is 0 Å². The molecule has 0 aliphatic heterocycles. The summed E-state index contributed by atoms with van der Waals surface area (Å²) in [6, 6.07) is 8.60. The number of pyridine rings is 1. The molecule has 0 spiro atoms. The normalized spacial score (nSPS) is 11.9. The summed E-state index contributed by atoms with van der Waals surface area (Å²) in [7, 11) is 0. The molecule has 2 aromatic rings. The number of nitrogens with zero attached hydrogens (tertiary/aromatic N) is 4. The molecule has 3 N–H and O–H groups in total. The van der Waals surface area contributed by atoms with Gasteiger partial charge < -0.3 is 15.8 Å². The maximum Gasteiger partial charge on any atom is 0.300 e. The number of amides is 1. The van der Waals surface area contributed by atoms with Crippen LogP contribution < -0.4 is 16.3 Å². The third-order valence-electron chi connectivity index (χ3n) is 6.97. The third kappa shape index (κ3) is 9.54. The predicted molar refractivity (Wildman–Crippen MR) is 156 cm³/mol. The van der Waals surface area contributed by atoms with Gasteiger partial charge in [0.25, 0.3) is 11.5 Å². The zero-order valence-electron chi connectivity index (χ0n) is 23.9. The van der Waals surface area contributed by atoms with Crippen LogP contribution in [0.2, 0.25) is 0 Å². The molecule has 1 atom stereocenters. The largest absolute Gasteiger partial charge is 0.492 e. The van der Waals surface area contributed by atoms with Crippen LogP contribution in [0.5, 0.6) is 5.88 Å². The van der Waals surface area contributed by atoms with Crippen molar-refractivity contribution in [2.75, 3.05) is 18.5 Å². The van der Waals surface area contributed by atoms with Gasteiger partial charge in [0.15, 0.2) is 5.69 Å². The van der Waals surface area contributed by atoms with Crippen molar-refractivity contribution in [3.63, 3.8) is 0 Å². The Hall–Kier alpha value is -3.67. The summed E-state index contributed by atoms with van der Waals surface area (Å²) in [5.74, 6) is -0.0979. The molecule has 0 saturated carbocycles. The number of hydrogen-bond donors (Lipinski definition) is 3. The fourth-order valence-corrected chi connectivity index (χ4v) is 4.32. The molecule has 0 radical (unpaired) electrons. The number of aromatic nitrogens is 1. The zero-order chi connectivity index (χ0) is 28.6. The van der Waals surface area contributed by atoms with Crippen LogP contribution in [0.4, 0.5) is 11.4 Å². The van der Waals surface area contributed by atoms with Crippen molar-refractivity contribution in [2.45, 2.75) is 91.9 Å². The predicted octanol–water partition coefficient (Wildman–Crippen LogP) is 7.00. The molecule has 9 heteroatoms. The van der Waals surface area contributed by atoms with E-state index in [9.17, 15) is 20.0 Å². The maximum atomic E-state index is 13.1. The summed E-state index contributed by atoms with van der Waals surface area (Å²) in [4.78, 5) is 25.7. The molecule has 212 valence electrons. The Morgan fingerprint density at radius 1 is 1.03 bits per heavy atom. The van der Waals surface area contributed by atoms with Gasteiger partial charge in [-0.15, -0.1) is 5.11 Å². The van der Waals surface area contributed by atoms with Gasteiger partial charge in [-0.1, -0.05) is 72.1 Å². The van der Waals surface area contributed by atoms with Gasteiger partial charge in [0.05, 0.1) is 5.69 Å². The second kappa shape index (κ2) is 17.0. The van der Waals surface area contributed by atoms with E-state index in [0.717, 1.165) is 49.6 Å². The summed E-state index contributed by atoms with van der Waals surface area (Å²) < 4.78 is 0.976. The van der Waals surface area contributed by atoms with Crippen molar-refractivity contribution >= 4 is 17.3 Å². The molecular weight excluding hydrogens is 492 g/mol. The first-order chi connectivity index (χ1) is 18.9. The number of unbranched alkanes of at least 4 members (excludes halogenated alkanes) is 6. The summed E-state index contributed by atoms with van der Waals surface area (Å²) in [6.07, 6.45) is 11.0. The monoisotopic (exact) mass is 536 g/mol. The summed E-state index contributed by atoms with van der Waals surface area (Å²) in [5, 5.41) is 31.4. The van der Waals surface area contributed by atoms with E-state index >= 15 is 0 Å². The van der Waals surface area contributed by atoms with E-state index in [1.807, 2.05) is 6.07 Å². The summed E-state index contributed by atoms with van der Waals surface area (Å²) >= 11 is 0. The molecule has 0 bridgehead atoms. The maximum absolute atomic E-state index is 13.1. The Morgan fingerprint density at radius 3 is 2.33 bits per heavy atom. The van der Waals surface area contributed by atoms with Crippen LogP contribution in [0, 0.1) is 24.2 Å². The number of nitrogens with one attached hydrogen (secondary N) is 2. The highest BCUT2D eigenvalue weighted by Crippen LogP contribution is 2.26. The summed E-state index contributed by atoms with van der Waals surface area (Å²) in [6.45, 7) is 9.16. The minimum Gasteiger partial charge on any atom is -0.492 e. The Bertz CT molecular complexity index is 1180. The van der Waals surface area contributed by atoms with E-state index < -0.39 is 11.4 Å². The van der Waals surface area contributed by atoms with Crippen LogP contribution in [0.1, 0.15) is 106 Å². The molecule has 1 amide bonds. The number of rotatable bonds is 17. The van der Waals surface area contributed by atoms with Crippen molar-refractivity contribution in [1.82, 2.24) is 9.99 Å². The Balaban J connectivity index is 2.11. The smallest absolute Gasteiger partial charge is 0.300 e. The molecule has 9 nitrogen and oxygen atoms in total. The molecular formula is C30H44N6O3. The second-order valence-corrected chi connectivity index (χ2v) is 9.97. The van der Waals surface area contributed by atoms with Gasteiger partial charge in [-0.2, -0.15) is 15.1 Å². The molecule has 1 aromatic heterocycles. The van der Waals surface area contributed by atoms with Gasteiger partial charge in [0.1, 0.15) is 11.6 Å². The second-order valence-electron chi connectivity index (χ2n) is 9.97. The number of carbonyl (C=O) groups excluding carboxylic acids is 1. The van der Waals surface area contributed by atoms with Crippen molar-refractivity contribution in [3.8, 4) is 11.9 Å². The lowest BCUT2D eigenvalue weighted by Gasteiger charge is -2.15. The number of nitriles is 1. The minimum atomic E-state index is -0.580. The van der Waals surface area contributed by atoms with Gasteiger partial charge in [-0.3, -0.25) is 9.59 Å². The number of carbonyl (C=O) groups is 1. The first-order valence-electron chi connectivity index (χ1n) is 14.3. The molecule has 0 aliphatic carbocycles. The molecule has 1 heterocycles. The van der Waals surface area contributed by atoms with Gasteiger partial charge >= 0.3 is 0 Å². The van der Waals surface area contributed by atoms with Crippen LogP contribution in [-0.4, -0.2) is 28.8 Å². The van der Waals surface area contributed by atoms with Gasteiger partial charge in [-0.25, -0.2) is 0 Å². The molecule has 2 rings (SSSR count). The number of hydrogen-bond acceptors (Lipinski definition) is 7. The third-order valence-corrected chi connectivity index (χ3v) is 6.97. The highest BCUT2D eigenvalue weighted by molar-refractivity contribution is 5.94. The first kappa shape index (κ1) is 31.5. The van der Waals surface area contributed by atoms with Crippen LogP contribution in [-0.2, 0) is 0 Å². The number of aromatic hydroxyl groups is 1. The fraction of sp³-hybridized carbons (Fsp3) is 0.567. The van der Waals surface area contributed by atoms with E-state index in [1.165, 1.54) is 19.3 Å². The zero-order valence-corrected chi connectivity index (χ0v) is 23.9. The molecule has 1 unspecified atom stereocenters. The fourth-order valence-electron chi connectivity index (χ4n) is 4.32. The Kier molecular flexibility index (Phi) is 13.8. The first-order valence-corrected chi connectivity index (χ1v) is 14.3. The Labute approximate surface area is 232 Å². The lowest BCUT2D eigenvalue weighted by Crippen LogP contribution is -2.30. The lowest BCUT2D eigenvalue weighted by molar-refractivity contribution is 0.0946. The molecule has 0 saturated heterocycles. The minimum absolute atomic E-state index is 0.0284. The van der Waals surface area contributed by atoms with Gasteiger partial charge in [0.2, 0.25) is 5.88 Å². The molecule has 0 fully saturated rings. The van der Waals surface area contributed by atoms with Crippen molar-refractivity contribution < 1.29 is 9.90 Å². The average Bonchev–Trinajstić information content (AvgIpc) is 2.94. The van der Waals surface area contributed by atoms with E-state index in [-0.39, 0.29) is 22.7 Å². The molecule has 0 aliphatic rings. The highest BCUT2D eigenvalue weighted by atomic mass is 16.3. The topological polar surface area (TPSA) is 132 Å². The van der Waals surface area contributed by atoms with E-state index in [1.54, 1.807) is 31.2 Å². The van der Waals surface area contributed by atoms with Crippen LogP contribution in [0.3, 0.4) is 0 Å². The SMILES string of the molecule is CCCCCCCCNn1c(O)c(C#N)c(C)c(N=Nc2ccc(C(=O)NCC(CC)CCCC)cc2)c1=O. The number of benzene rings is 1. The van der Waals surface area contributed by atoms with Crippen LogP contribution >= 0.6 is 0 Å². The van der Waals surface area contributed by atoms with Crippen molar-refractivity contribution in [2.24, 2.45) is 16.1 Å². The summed E-state index contributed by atoms with van der Waals surface area (Å²) in [5.41, 5.74) is 3.52. The van der Waals surface area contributed by atoms with Crippen LogP contribution in [0.25, 0.3) is 0 Å². The quantitative estimate of drug-likeness (QED) is 0.148. The van der Waals surface area contributed by atoms with Crippen molar-refractivity contribution in [1.29, 1.82) is 5.26 Å². The highest BCUT2D eigenvalue weighted by Gasteiger charge is 2.19. The van der Waals surface area contributed by atoms with Gasteiger partial charge in [0, 0.05) is 24.2 Å². The van der Waals surface area contributed by atoms with Crippen molar-refractivity contribution in [3.05, 3.63) is 51.3 Å². The molecule has 39 heavy (non-hydrogen) atoms. The lowest BCUT2D eigenvalue weighted by atomic mass is 9.99. The van der Waals surface area contributed by atoms with E-state index in [0.29, 0.717) is 30.3 Å². The standard InChI is InChI=1S/C30H44N6O3/c1-5-8-10-11-12-13-19-33-36-29(38)26(20-31)22(4)27(30(36)39)35-34-25-17-15-24(16-18-25)28(37)32-21-23(7-3)14-9-6-2/h15-18,23,33,38H,5-14,19,21H2,1-4H3,(H,32,37). The van der Waals surface area contributed by atoms with Crippen LogP contribution in [0.15, 0.2) is 39.3 Å².